The first kappa shape index (κ1) is 9.12. The maximum atomic E-state index is 4.89. The molecule has 1 aromatic carbocycles. The molecule has 0 spiro atoms. The van der Waals surface area contributed by atoms with Gasteiger partial charge in [0.05, 0.1) is 7.11 Å². The van der Waals surface area contributed by atoms with E-state index in [0.717, 1.165) is 5.75 Å². The molecule has 0 N–H and O–H groups in total. The first-order valence-electron chi connectivity index (χ1n) is 2.43. The molecule has 42 valence electrons. The van der Waals surface area contributed by atoms with E-state index in [1.807, 2.05) is 24.3 Å². The molecule has 0 radical (unpaired) electrons. The number of hydrogen-bond donors (Lipinski definition) is 0. The summed E-state index contributed by atoms with van der Waals surface area (Å²) in [6, 6.07) is 10.2. The van der Waals surface area contributed by atoms with Crippen molar-refractivity contribution in [3.8, 4) is 5.75 Å². The smallest absolute Gasteiger partial charge is 0.522 e. The summed E-state index contributed by atoms with van der Waals surface area (Å²) in [5.74, 6) is 0.878. The van der Waals surface area contributed by atoms with Crippen LogP contribution in [0.1, 0.15) is 0 Å². The van der Waals surface area contributed by atoms with Crippen LogP contribution < -0.4 is 4.74 Å². The van der Waals surface area contributed by atoms with Crippen molar-refractivity contribution in [1.29, 1.82) is 0 Å². The van der Waals surface area contributed by atoms with Gasteiger partial charge in [-0.15, -0.1) is 12.1 Å². The van der Waals surface area contributed by atoms with Crippen LogP contribution in [0, 0.1) is 6.07 Å². The number of rotatable bonds is 1. The zero-order valence-corrected chi connectivity index (χ0v) is 8.13. The van der Waals surface area contributed by atoms with Gasteiger partial charge >= 0.3 is 32.7 Å². The summed E-state index contributed by atoms with van der Waals surface area (Å²) >= 11 is 0. The summed E-state index contributed by atoms with van der Waals surface area (Å²) < 4.78 is 4.89. The first-order valence-corrected chi connectivity index (χ1v) is 2.43. The average molecular weight is 196 g/mol. The van der Waals surface area contributed by atoms with Gasteiger partial charge in [-0.25, -0.2) is 0 Å². The third-order valence-corrected chi connectivity index (χ3v) is 0.923. The Kier molecular flexibility index (Phi) is 5.02. The molecule has 0 aromatic heterocycles. The number of hydrogen-bond acceptors (Lipinski definition) is 1. The fourth-order valence-corrected chi connectivity index (χ4v) is 0.508. The van der Waals surface area contributed by atoms with Crippen LogP contribution in [0.3, 0.4) is 0 Å². The van der Waals surface area contributed by atoms with Crippen LogP contribution in [-0.2, 0) is 32.7 Å². The molecule has 2 heteroatoms. The molecule has 0 heterocycles. The summed E-state index contributed by atoms with van der Waals surface area (Å²) in [4.78, 5) is 0. The fraction of sp³-hybridized carbons (Fsp3) is 0.143. The number of methoxy groups -OCH3 is 1. The molecule has 1 nitrogen and oxygen atoms in total. The Bertz CT molecular complexity index is 150. The molecular formula is C7H7OY+2. The topological polar surface area (TPSA) is 9.23 Å². The van der Waals surface area contributed by atoms with Gasteiger partial charge in [-0.05, 0) is 0 Å². The van der Waals surface area contributed by atoms with Crippen LogP contribution >= 0.6 is 0 Å². The Hall–Kier alpha value is 0.124. The van der Waals surface area contributed by atoms with Gasteiger partial charge in [0.15, 0.2) is 0 Å². The Morgan fingerprint density at radius 2 is 1.89 bits per heavy atom. The Balaban J connectivity index is 0.000000640. The van der Waals surface area contributed by atoms with Crippen molar-refractivity contribution in [3.05, 3.63) is 30.3 Å². The van der Waals surface area contributed by atoms with Gasteiger partial charge in [-0.3, -0.25) is 0 Å². The second-order valence-electron chi connectivity index (χ2n) is 1.44. The molecule has 0 amide bonds. The molecule has 0 bridgehead atoms. The second kappa shape index (κ2) is 4.95. The van der Waals surface area contributed by atoms with E-state index in [2.05, 4.69) is 6.07 Å². The van der Waals surface area contributed by atoms with Gasteiger partial charge in [0.25, 0.3) is 0 Å². The summed E-state index contributed by atoms with van der Waals surface area (Å²) in [6.07, 6.45) is 0. The Labute approximate surface area is 80.3 Å². The minimum Gasteiger partial charge on any atom is -0.522 e. The van der Waals surface area contributed by atoms with E-state index in [4.69, 9.17) is 4.74 Å². The van der Waals surface area contributed by atoms with Crippen molar-refractivity contribution in [2.24, 2.45) is 0 Å². The number of ether oxygens (including phenoxy) is 1. The maximum absolute atomic E-state index is 4.89. The minimum absolute atomic E-state index is 0. The minimum atomic E-state index is 0. The van der Waals surface area contributed by atoms with E-state index in [9.17, 15) is 0 Å². The van der Waals surface area contributed by atoms with Crippen LogP contribution in [0.2, 0.25) is 0 Å². The van der Waals surface area contributed by atoms with E-state index in [-0.39, 0.29) is 32.7 Å². The third kappa shape index (κ3) is 2.97. The molecule has 1 aromatic rings. The number of benzene rings is 1. The predicted molar refractivity (Wildman–Crippen MR) is 31.8 cm³/mol. The molecule has 0 aliphatic carbocycles. The molecule has 9 heavy (non-hydrogen) atoms. The quantitative estimate of drug-likeness (QED) is 0.618. The van der Waals surface area contributed by atoms with Crippen molar-refractivity contribution in [2.75, 3.05) is 7.11 Å². The summed E-state index contributed by atoms with van der Waals surface area (Å²) in [7, 11) is 1.65. The molecule has 0 aliphatic rings. The van der Waals surface area contributed by atoms with E-state index in [0.29, 0.717) is 0 Å². The summed E-state index contributed by atoms with van der Waals surface area (Å²) in [5.41, 5.74) is 0. The van der Waals surface area contributed by atoms with Crippen LogP contribution in [-0.4, -0.2) is 7.11 Å². The normalized spacial score (nSPS) is 7.67. The van der Waals surface area contributed by atoms with Crippen molar-refractivity contribution in [3.63, 3.8) is 0 Å². The van der Waals surface area contributed by atoms with Gasteiger partial charge in [0, 0.05) is 5.75 Å². The maximum Gasteiger partial charge on any atom is 3.00 e. The van der Waals surface area contributed by atoms with Crippen molar-refractivity contribution in [1.82, 2.24) is 0 Å². The zero-order chi connectivity index (χ0) is 5.82. The summed E-state index contributed by atoms with van der Waals surface area (Å²) in [5, 5.41) is 0. The molecule has 1 rings (SSSR count). The molecule has 0 saturated carbocycles. The molecule has 0 aliphatic heterocycles. The molecule has 0 fully saturated rings. The molecule has 0 unspecified atom stereocenters. The Morgan fingerprint density at radius 3 is 2.22 bits per heavy atom. The molecule has 0 saturated heterocycles. The van der Waals surface area contributed by atoms with Gasteiger partial charge < -0.3 is 4.74 Å². The van der Waals surface area contributed by atoms with Crippen molar-refractivity contribution < 1.29 is 37.4 Å². The first-order chi connectivity index (χ1) is 3.93. The second-order valence-corrected chi connectivity index (χ2v) is 1.44. The SMILES string of the molecule is COc1cc[c-]cc1.[Y+3]. The van der Waals surface area contributed by atoms with Gasteiger partial charge in [0.2, 0.25) is 0 Å². The molecule has 0 atom stereocenters. The fourth-order valence-electron chi connectivity index (χ4n) is 0.508. The van der Waals surface area contributed by atoms with E-state index >= 15 is 0 Å². The van der Waals surface area contributed by atoms with E-state index < -0.39 is 0 Å². The van der Waals surface area contributed by atoms with E-state index in [1.54, 1.807) is 7.11 Å². The van der Waals surface area contributed by atoms with Crippen LogP contribution in [0.5, 0.6) is 5.75 Å². The summed E-state index contributed by atoms with van der Waals surface area (Å²) in [6.45, 7) is 0. The van der Waals surface area contributed by atoms with Crippen LogP contribution in [0.4, 0.5) is 0 Å². The van der Waals surface area contributed by atoms with Crippen LogP contribution in [0.25, 0.3) is 0 Å². The average Bonchev–Trinajstić information content (AvgIpc) is 1.90. The van der Waals surface area contributed by atoms with E-state index in [1.165, 1.54) is 0 Å². The monoisotopic (exact) mass is 196 g/mol. The Morgan fingerprint density at radius 1 is 1.33 bits per heavy atom. The standard InChI is InChI=1S/C7H7O.Y/c1-8-7-5-3-2-4-6-7;/h3-6H,1H3;/q-1;+3. The van der Waals surface area contributed by atoms with Crippen molar-refractivity contribution in [2.45, 2.75) is 0 Å². The largest absolute Gasteiger partial charge is 3.00 e. The van der Waals surface area contributed by atoms with Gasteiger partial charge in [-0.1, -0.05) is 0 Å². The third-order valence-electron chi connectivity index (χ3n) is 0.923. The van der Waals surface area contributed by atoms with Crippen LogP contribution in [0.15, 0.2) is 24.3 Å². The molecular weight excluding hydrogens is 189 g/mol. The van der Waals surface area contributed by atoms with Gasteiger partial charge in [-0.2, -0.15) is 18.2 Å². The van der Waals surface area contributed by atoms with Gasteiger partial charge in [0.1, 0.15) is 0 Å². The zero-order valence-electron chi connectivity index (χ0n) is 5.29. The predicted octanol–water partition coefficient (Wildman–Crippen LogP) is 1.49. The van der Waals surface area contributed by atoms with Crippen molar-refractivity contribution >= 4 is 0 Å².